The van der Waals surface area contributed by atoms with Crippen molar-refractivity contribution in [2.75, 3.05) is 6.54 Å². The maximum absolute atomic E-state index is 12.5. The Kier molecular flexibility index (Phi) is 3.91. The number of carbonyl (C=O) groups excluding carboxylic acids is 1. The fourth-order valence-corrected chi connectivity index (χ4v) is 4.10. The van der Waals surface area contributed by atoms with Gasteiger partial charge in [-0.2, -0.15) is 4.31 Å². The van der Waals surface area contributed by atoms with Crippen LogP contribution in [0.2, 0.25) is 0 Å². The van der Waals surface area contributed by atoms with Crippen LogP contribution in [0.1, 0.15) is 19.8 Å². The molecule has 0 saturated carbocycles. The third-order valence-electron chi connectivity index (χ3n) is 3.58. The summed E-state index contributed by atoms with van der Waals surface area (Å²) in [5.41, 5.74) is 5.30. The highest BCUT2D eigenvalue weighted by Crippen LogP contribution is 2.27. The lowest BCUT2D eigenvalue weighted by atomic mass is 9.95. The third-order valence-corrected chi connectivity index (χ3v) is 5.57. The van der Waals surface area contributed by atoms with E-state index in [0.717, 1.165) is 0 Å². The number of amides is 1. The van der Waals surface area contributed by atoms with Crippen LogP contribution in [0.15, 0.2) is 35.2 Å². The number of benzene rings is 1. The molecular weight excluding hydrogens is 264 g/mol. The van der Waals surface area contributed by atoms with Gasteiger partial charge in [-0.1, -0.05) is 18.2 Å². The fraction of sp³-hybridized carbons (Fsp3) is 0.462. The Labute approximate surface area is 113 Å². The quantitative estimate of drug-likeness (QED) is 0.896. The first kappa shape index (κ1) is 14.0. The number of primary amides is 1. The van der Waals surface area contributed by atoms with Gasteiger partial charge in [0, 0.05) is 12.6 Å². The Morgan fingerprint density at radius 1 is 1.26 bits per heavy atom. The molecular formula is C13H18N2O3S. The van der Waals surface area contributed by atoms with Crippen molar-refractivity contribution in [3.63, 3.8) is 0 Å². The lowest BCUT2D eigenvalue weighted by Crippen LogP contribution is -2.48. The zero-order valence-corrected chi connectivity index (χ0v) is 11.6. The van der Waals surface area contributed by atoms with Gasteiger partial charge in [0.25, 0.3) is 0 Å². The first-order valence-corrected chi connectivity index (χ1v) is 7.73. The summed E-state index contributed by atoms with van der Waals surface area (Å²) in [7, 11) is -3.55. The molecule has 2 unspecified atom stereocenters. The summed E-state index contributed by atoms with van der Waals surface area (Å²) in [4.78, 5) is 11.5. The Hall–Kier alpha value is -1.40. The predicted molar refractivity (Wildman–Crippen MR) is 71.7 cm³/mol. The zero-order valence-electron chi connectivity index (χ0n) is 10.8. The minimum absolute atomic E-state index is 0.110. The van der Waals surface area contributed by atoms with Crippen molar-refractivity contribution in [2.45, 2.75) is 30.7 Å². The highest BCUT2D eigenvalue weighted by molar-refractivity contribution is 7.89. The lowest BCUT2D eigenvalue weighted by Gasteiger charge is -2.35. The van der Waals surface area contributed by atoms with Gasteiger partial charge in [-0.15, -0.1) is 0 Å². The summed E-state index contributed by atoms with van der Waals surface area (Å²) in [5.74, 6) is -0.824. The summed E-state index contributed by atoms with van der Waals surface area (Å²) < 4.78 is 26.5. The van der Waals surface area contributed by atoms with Crippen molar-refractivity contribution < 1.29 is 13.2 Å². The second-order valence-electron chi connectivity index (χ2n) is 4.91. The lowest BCUT2D eigenvalue weighted by molar-refractivity contribution is -0.123. The number of carbonyl (C=O) groups is 1. The molecule has 2 atom stereocenters. The number of piperidine rings is 1. The summed E-state index contributed by atoms with van der Waals surface area (Å²) >= 11 is 0. The van der Waals surface area contributed by atoms with Crippen LogP contribution in [0.3, 0.4) is 0 Å². The van der Waals surface area contributed by atoms with E-state index in [1.54, 1.807) is 30.3 Å². The number of hydrogen-bond acceptors (Lipinski definition) is 3. The molecule has 1 heterocycles. The molecule has 1 aliphatic heterocycles. The standard InChI is InChI=1S/C13H18N2O3S/c1-10-7-8-11(13(14)16)9-15(10)19(17,18)12-5-3-2-4-6-12/h2-6,10-11H,7-9H2,1H3,(H2,14,16). The van der Waals surface area contributed by atoms with Crippen molar-refractivity contribution >= 4 is 15.9 Å². The van der Waals surface area contributed by atoms with Crippen LogP contribution in [-0.2, 0) is 14.8 Å². The van der Waals surface area contributed by atoms with Gasteiger partial charge >= 0.3 is 0 Å². The monoisotopic (exact) mass is 282 g/mol. The van der Waals surface area contributed by atoms with E-state index < -0.39 is 21.8 Å². The summed E-state index contributed by atoms with van der Waals surface area (Å²) in [6, 6.07) is 8.16. The molecule has 1 saturated heterocycles. The average molecular weight is 282 g/mol. The van der Waals surface area contributed by atoms with Crippen molar-refractivity contribution in [3.8, 4) is 0 Å². The Morgan fingerprint density at radius 2 is 1.89 bits per heavy atom. The summed E-state index contributed by atoms with van der Waals surface area (Å²) in [6.07, 6.45) is 1.30. The normalized spacial score (nSPS) is 25.1. The molecule has 1 fully saturated rings. The van der Waals surface area contributed by atoms with E-state index in [4.69, 9.17) is 5.73 Å². The van der Waals surface area contributed by atoms with Gasteiger partial charge in [0.2, 0.25) is 15.9 Å². The Morgan fingerprint density at radius 3 is 2.47 bits per heavy atom. The average Bonchev–Trinajstić information content (AvgIpc) is 2.39. The van der Waals surface area contributed by atoms with Gasteiger partial charge in [0.1, 0.15) is 0 Å². The van der Waals surface area contributed by atoms with Crippen molar-refractivity contribution in [1.82, 2.24) is 4.31 Å². The summed E-state index contributed by atoms with van der Waals surface area (Å²) in [5, 5.41) is 0. The van der Waals surface area contributed by atoms with Crippen LogP contribution in [0.4, 0.5) is 0 Å². The molecule has 0 spiro atoms. The van der Waals surface area contributed by atoms with Gasteiger partial charge in [-0.05, 0) is 31.9 Å². The van der Waals surface area contributed by atoms with E-state index in [1.165, 1.54) is 4.31 Å². The Bertz CT molecular complexity index is 557. The molecule has 19 heavy (non-hydrogen) atoms. The second kappa shape index (κ2) is 5.30. The fourth-order valence-electron chi connectivity index (χ4n) is 2.37. The predicted octanol–water partition coefficient (Wildman–Crippen LogP) is 0.961. The zero-order chi connectivity index (χ0) is 14.0. The van der Waals surface area contributed by atoms with Crippen LogP contribution in [0.25, 0.3) is 0 Å². The molecule has 104 valence electrons. The van der Waals surface area contributed by atoms with Gasteiger partial charge in [-0.3, -0.25) is 4.79 Å². The smallest absolute Gasteiger partial charge is 0.243 e. The first-order chi connectivity index (χ1) is 8.93. The molecule has 1 aliphatic rings. The molecule has 0 aromatic heterocycles. The van der Waals surface area contributed by atoms with Crippen LogP contribution < -0.4 is 5.73 Å². The molecule has 2 rings (SSSR count). The van der Waals surface area contributed by atoms with E-state index in [2.05, 4.69) is 0 Å². The molecule has 0 aliphatic carbocycles. The minimum Gasteiger partial charge on any atom is -0.369 e. The van der Waals surface area contributed by atoms with E-state index in [9.17, 15) is 13.2 Å². The van der Waals surface area contributed by atoms with Crippen molar-refractivity contribution in [1.29, 1.82) is 0 Å². The molecule has 1 aromatic carbocycles. The van der Waals surface area contributed by atoms with E-state index in [0.29, 0.717) is 12.8 Å². The maximum Gasteiger partial charge on any atom is 0.243 e. The molecule has 0 radical (unpaired) electrons. The van der Waals surface area contributed by atoms with Gasteiger partial charge in [0.05, 0.1) is 10.8 Å². The molecule has 1 aromatic rings. The Balaban J connectivity index is 2.31. The number of hydrogen-bond donors (Lipinski definition) is 1. The molecule has 0 bridgehead atoms. The van der Waals surface area contributed by atoms with Crippen LogP contribution in [0, 0.1) is 5.92 Å². The minimum atomic E-state index is -3.55. The molecule has 1 amide bonds. The molecule has 6 heteroatoms. The van der Waals surface area contributed by atoms with Gasteiger partial charge < -0.3 is 5.73 Å². The third kappa shape index (κ3) is 2.79. The topological polar surface area (TPSA) is 80.5 Å². The second-order valence-corrected chi connectivity index (χ2v) is 6.80. The molecule has 5 nitrogen and oxygen atoms in total. The number of nitrogens with two attached hydrogens (primary N) is 1. The van der Waals surface area contributed by atoms with Crippen molar-refractivity contribution in [3.05, 3.63) is 30.3 Å². The van der Waals surface area contributed by atoms with Crippen LogP contribution in [0.5, 0.6) is 0 Å². The van der Waals surface area contributed by atoms with Crippen LogP contribution in [-0.4, -0.2) is 31.2 Å². The highest BCUT2D eigenvalue weighted by atomic mass is 32.2. The number of rotatable bonds is 3. The number of sulfonamides is 1. The first-order valence-electron chi connectivity index (χ1n) is 6.29. The van der Waals surface area contributed by atoms with E-state index in [1.807, 2.05) is 6.92 Å². The summed E-state index contributed by atoms with van der Waals surface area (Å²) in [6.45, 7) is 2.03. The van der Waals surface area contributed by atoms with Gasteiger partial charge in [0.15, 0.2) is 0 Å². The maximum atomic E-state index is 12.5. The van der Waals surface area contributed by atoms with E-state index in [-0.39, 0.29) is 17.5 Å². The number of nitrogens with zero attached hydrogens (tertiary/aromatic N) is 1. The van der Waals surface area contributed by atoms with E-state index >= 15 is 0 Å². The highest BCUT2D eigenvalue weighted by Gasteiger charge is 2.36. The van der Waals surface area contributed by atoms with Crippen molar-refractivity contribution in [2.24, 2.45) is 11.7 Å². The SMILES string of the molecule is CC1CCC(C(N)=O)CN1S(=O)(=O)c1ccccc1. The largest absolute Gasteiger partial charge is 0.369 e. The molecule has 2 N–H and O–H groups in total. The van der Waals surface area contributed by atoms with Crippen LogP contribution >= 0.6 is 0 Å². The van der Waals surface area contributed by atoms with Gasteiger partial charge in [-0.25, -0.2) is 8.42 Å².